The molecule has 3 N–H and O–H groups in total. The lowest BCUT2D eigenvalue weighted by Gasteiger charge is -2.24. The number of nitrogens with one attached hydrogen (secondary N) is 3. The van der Waals surface area contributed by atoms with E-state index in [-0.39, 0.29) is 11.6 Å². The Labute approximate surface area is 108 Å². The van der Waals surface area contributed by atoms with Crippen molar-refractivity contribution in [2.24, 2.45) is 0 Å². The highest BCUT2D eigenvalue weighted by Gasteiger charge is 2.28. The van der Waals surface area contributed by atoms with Gasteiger partial charge in [0, 0.05) is 17.8 Å². The predicted molar refractivity (Wildman–Crippen MR) is 73.8 cm³/mol. The molecule has 98 valence electrons. The van der Waals surface area contributed by atoms with Gasteiger partial charge in [-0.25, -0.2) is 4.79 Å². The van der Waals surface area contributed by atoms with Gasteiger partial charge in [0.05, 0.1) is 0 Å². The fraction of sp³-hybridized carbons (Fsp3) is 0.500. The minimum atomic E-state index is -0.143. The highest BCUT2D eigenvalue weighted by atomic mass is 16.2. The van der Waals surface area contributed by atoms with Gasteiger partial charge in [-0.3, -0.25) is 0 Å². The van der Waals surface area contributed by atoms with Crippen LogP contribution in [0.5, 0.6) is 0 Å². The maximum absolute atomic E-state index is 11.8. The van der Waals surface area contributed by atoms with Crippen molar-refractivity contribution in [1.29, 1.82) is 0 Å². The van der Waals surface area contributed by atoms with Crippen LogP contribution in [0.25, 0.3) is 0 Å². The van der Waals surface area contributed by atoms with Crippen LogP contribution >= 0.6 is 0 Å². The van der Waals surface area contributed by atoms with Crippen LogP contribution in [0.4, 0.5) is 10.5 Å². The van der Waals surface area contributed by atoms with Crippen LogP contribution < -0.4 is 16.0 Å². The molecule has 0 aromatic heterocycles. The molecule has 0 spiro atoms. The van der Waals surface area contributed by atoms with Crippen LogP contribution in [0.3, 0.4) is 0 Å². The molecule has 0 saturated carbocycles. The first-order chi connectivity index (χ1) is 8.57. The molecule has 1 aromatic rings. The van der Waals surface area contributed by atoms with Gasteiger partial charge in [-0.15, -0.1) is 0 Å². The Morgan fingerprint density at radius 2 is 2.33 bits per heavy atom. The summed E-state index contributed by atoms with van der Waals surface area (Å²) in [5, 5.41) is 9.19. The van der Waals surface area contributed by atoms with Crippen molar-refractivity contribution in [1.82, 2.24) is 10.6 Å². The standard InChI is InChI=1S/C14H21N3O/c1-11-5-3-6-12(9-11)17-13(18)15-10-14(2)7-4-8-16-14/h3,5-6,9,16H,4,7-8,10H2,1-2H3,(H2,15,17,18). The van der Waals surface area contributed by atoms with E-state index in [1.807, 2.05) is 31.2 Å². The fourth-order valence-electron chi connectivity index (χ4n) is 2.28. The van der Waals surface area contributed by atoms with E-state index in [9.17, 15) is 4.79 Å². The SMILES string of the molecule is Cc1cccc(NC(=O)NCC2(C)CCCN2)c1. The van der Waals surface area contributed by atoms with Gasteiger partial charge in [0.25, 0.3) is 0 Å². The van der Waals surface area contributed by atoms with Gasteiger partial charge in [0.2, 0.25) is 0 Å². The van der Waals surface area contributed by atoms with Crippen molar-refractivity contribution in [3.05, 3.63) is 29.8 Å². The molecule has 1 heterocycles. The number of urea groups is 1. The summed E-state index contributed by atoms with van der Waals surface area (Å²) in [5.41, 5.74) is 2.01. The molecule has 0 radical (unpaired) electrons. The Hall–Kier alpha value is -1.55. The molecule has 4 nitrogen and oxygen atoms in total. The molecule has 1 aliphatic rings. The minimum Gasteiger partial charge on any atom is -0.336 e. The van der Waals surface area contributed by atoms with Gasteiger partial charge in [0.15, 0.2) is 0 Å². The van der Waals surface area contributed by atoms with E-state index in [0.29, 0.717) is 6.54 Å². The first kappa shape index (κ1) is 12.9. The second kappa shape index (κ2) is 5.40. The number of anilines is 1. The quantitative estimate of drug-likeness (QED) is 0.767. The van der Waals surface area contributed by atoms with E-state index < -0.39 is 0 Å². The summed E-state index contributed by atoms with van der Waals surface area (Å²) in [6.45, 7) is 5.85. The Kier molecular flexibility index (Phi) is 3.87. The summed E-state index contributed by atoms with van der Waals surface area (Å²) in [6.07, 6.45) is 2.29. The molecule has 1 atom stereocenters. The molecule has 0 bridgehead atoms. The number of rotatable bonds is 3. The Balaban J connectivity index is 1.82. The van der Waals surface area contributed by atoms with Crippen molar-refractivity contribution in [2.75, 3.05) is 18.4 Å². The zero-order valence-corrected chi connectivity index (χ0v) is 11.0. The van der Waals surface area contributed by atoms with Gasteiger partial charge < -0.3 is 16.0 Å². The van der Waals surface area contributed by atoms with Crippen LogP contribution in [0.15, 0.2) is 24.3 Å². The van der Waals surface area contributed by atoms with Gasteiger partial charge in [0.1, 0.15) is 0 Å². The number of aryl methyl sites for hydroxylation is 1. The predicted octanol–water partition coefficient (Wildman–Crippen LogP) is 2.26. The highest BCUT2D eigenvalue weighted by Crippen LogP contribution is 2.17. The van der Waals surface area contributed by atoms with Crippen molar-refractivity contribution in [2.45, 2.75) is 32.2 Å². The largest absolute Gasteiger partial charge is 0.336 e. The number of hydrogen-bond acceptors (Lipinski definition) is 2. The normalized spacial score (nSPS) is 22.8. The van der Waals surface area contributed by atoms with Crippen molar-refractivity contribution in [3.63, 3.8) is 0 Å². The lowest BCUT2D eigenvalue weighted by Crippen LogP contribution is -2.48. The molecule has 4 heteroatoms. The third-order valence-corrected chi connectivity index (χ3v) is 3.37. The Morgan fingerprint density at radius 1 is 1.50 bits per heavy atom. The topological polar surface area (TPSA) is 53.2 Å². The van der Waals surface area contributed by atoms with Crippen LogP contribution in [-0.4, -0.2) is 24.7 Å². The summed E-state index contributed by atoms with van der Waals surface area (Å²) >= 11 is 0. The van der Waals surface area contributed by atoms with Gasteiger partial charge in [-0.05, 0) is 50.9 Å². The zero-order valence-electron chi connectivity index (χ0n) is 11.0. The Bertz CT molecular complexity index is 425. The summed E-state index contributed by atoms with van der Waals surface area (Å²) in [6, 6.07) is 7.64. The Morgan fingerprint density at radius 3 is 3.00 bits per heavy atom. The number of carbonyl (C=O) groups excluding carboxylic acids is 1. The third-order valence-electron chi connectivity index (χ3n) is 3.37. The van der Waals surface area contributed by atoms with Crippen LogP contribution in [0.1, 0.15) is 25.3 Å². The molecule has 18 heavy (non-hydrogen) atoms. The fourth-order valence-corrected chi connectivity index (χ4v) is 2.28. The number of benzene rings is 1. The van der Waals surface area contributed by atoms with E-state index >= 15 is 0 Å². The van der Waals surface area contributed by atoms with Gasteiger partial charge in [-0.2, -0.15) is 0 Å². The second-order valence-corrected chi connectivity index (χ2v) is 5.27. The summed E-state index contributed by atoms with van der Waals surface area (Å²) < 4.78 is 0. The van der Waals surface area contributed by atoms with Crippen LogP contribution in [-0.2, 0) is 0 Å². The molecule has 2 rings (SSSR count). The maximum Gasteiger partial charge on any atom is 0.319 e. The molecule has 1 aromatic carbocycles. The zero-order chi connectivity index (χ0) is 13.0. The molecule has 1 fully saturated rings. The van der Waals surface area contributed by atoms with Crippen molar-refractivity contribution < 1.29 is 4.79 Å². The van der Waals surface area contributed by atoms with Gasteiger partial charge in [-0.1, -0.05) is 12.1 Å². The number of carbonyl (C=O) groups is 1. The average molecular weight is 247 g/mol. The summed E-state index contributed by atoms with van der Waals surface area (Å²) in [4.78, 5) is 11.8. The number of amides is 2. The van der Waals surface area contributed by atoms with Gasteiger partial charge >= 0.3 is 6.03 Å². The van der Waals surface area contributed by atoms with Crippen LogP contribution in [0.2, 0.25) is 0 Å². The van der Waals surface area contributed by atoms with E-state index in [4.69, 9.17) is 0 Å². The molecular formula is C14H21N3O. The van der Waals surface area contributed by atoms with Crippen molar-refractivity contribution in [3.8, 4) is 0 Å². The summed E-state index contributed by atoms with van der Waals surface area (Å²) in [5.74, 6) is 0. The molecular weight excluding hydrogens is 226 g/mol. The second-order valence-electron chi connectivity index (χ2n) is 5.27. The third kappa shape index (κ3) is 3.47. The summed E-state index contributed by atoms with van der Waals surface area (Å²) in [7, 11) is 0. The highest BCUT2D eigenvalue weighted by molar-refractivity contribution is 5.89. The van der Waals surface area contributed by atoms with Crippen molar-refractivity contribution >= 4 is 11.7 Å². The van der Waals surface area contributed by atoms with E-state index in [1.54, 1.807) is 0 Å². The van der Waals surface area contributed by atoms with E-state index in [2.05, 4.69) is 22.9 Å². The van der Waals surface area contributed by atoms with E-state index in [1.165, 1.54) is 6.42 Å². The lowest BCUT2D eigenvalue weighted by atomic mass is 10.0. The number of hydrogen-bond donors (Lipinski definition) is 3. The first-order valence-corrected chi connectivity index (χ1v) is 6.44. The maximum atomic E-state index is 11.8. The van der Waals surface area contributed by atoms with Crippen LogP contribution in [0, 0.1) is 6.92 Å². The molecule has 1 unspecified atom stereocenters. The lowest BCUT2D eigenvalue weighted by molar-refractivity contribution is 0.248. The monoisotopic (exact) mass is 247 g/mol. The first-order valence-electron chi connectivity index (χ1n) is 6.44. The minimum absolute atomic E-state index is 0.0456. The molecule has 1 saturated heterocycles. The average Bonchev–Trinajstić information content (AvgIpc) is 2.74. The molecule has 2 amide bonds. The smallest absolute Gasteiger partial charge is 0.319 e. The molecule has 1 aliphatic heterocycles. The van der Waals surface area contributed by atoms with E-state index in [0.717, 1.165) is 24.2 Å². The molecule has 0 aliphatic carbocycles.